The smallest absolute Gasteiger partial charge is 0.410 e. The van der Waals surface area contributed by atoms with Crippen molar-refractivity contribution in [1.82, 2.24) is 9.80 Å². The Hall–Kier alpha value is -1.30. The minimum atomic E-state index is -0.505. The van der Waals surface area contributed by atoms with E-state index in [1.165, 1.54) is 0 Å². The van der Waals surface area contributed by atoms with Gasteiger partial charge in [0.2, 0.25) is 5.91 Å². The summed E-state index contributed by atoms with van der Waals surface area (Å²) in [4.78, 5) is 27.7. The lowest BCUT2D eigenvalue weighted by Crippen LogP contribution is -2.55. The first-order valence-corrected chi connectivity index (χ1v) is 7.65. The van der Waals surface area contributed by atoms with E-state index in [1.54, 1.807) is 9.80 Å². The summed E-state index contributed by atoms with van der Waals surface area (Å²) in [6.07, 6.45) is 1.45. The summed E-state index contributed by atoms with van der Waals surface area (Å²) >= 11 is 0. The van der Waals surface area contributed by atoms with E-state index in [2.05, 4.69) is 0 Å². The van der Waals surface area contributed by atoms with Gasteiger partial charge in [-0.25, -0.2) is 4.79 Å². The summed E-state index contributed by atoms with van der Waals surface area (Å²) in [6.45, 7) is 10.7. The average Bonchev–Trinajstić information content (AvgIpc) is 2.36. The SMILES string of the molecule is CC(C)N(C(=O)CN)C1CCCN(C(=O)OC(C)(C)C)C1. The molecule has 1 saturated heterocycles. The zero-order chi connectivity index (χ0) is 16.2. The van der Waals surface area contributed by atoms with Crippen LogP contribution in [0.4, 0.5) is 4.79 Å². The third-order valence-corrected chi connectivity index (χ3v) is 3.46. The Morgan fingerprint density at radius 3 is 2.48 bits per heavy atom. The molecule has 0 aromatic rings. The second-order valence-corrected chi connectivity index (χ2v) is 6.82. The Balaban J connectivity index is 2.74. The van der Waals surface area contributed by atoms with Crippen LogP contribution < -0.4 is 5.73 Å². The van der Waals surface area contributed by atoms with Crippen molar-refractivity contribution in [1.29, 1.82) is 0 Å². The first-order valence-electron chi connectivity index (χ1n) is 7.65. The molecule has 0 saturated carbocycles. The second kappa shape index (κ2) is 7.11. The Morgan fingerprint density at radius 2 is 2.00 bits per heavy atom. The molecular weight excluding hydrogens is 270 g/mol. The van der Waals surface area contributed by atoms with E-state index in [-0.39, 0.29) is 30.6 Å². The highest BCUT2D eigenvalue weighted by Crippen LogP contribution is 2.20. The first-order chi connectivity index (χ1) is 9.65. The average molecular weight is 299 g/mol. The topological polar surface area (TPSA) is 75.9 Å². The van der Waals surface area contributed by atoms with Crippen molar-refractivity contribution in [3.05, 3.63) is 0 Å². The van der Waals surface area contributed by atoms with Crippen LogP contribution in [-0.4, -0.2) is 59.1 Å². The summed E-state index contributed by atoms with van der Waals surface area (Å²) in [6, 6.07) is 0.0898. The molecule has 21 heavy (non-hydrogen) atoms. The number of carbonyl (C=O) groups excluding carboxylic acids is 2. The van der Waals surface area contributed by atoms with Gasteiger partial charge in [0.05, 0.1) is 6.54 Å². The van der Waals surface area contributed by atoms with Crippen molar-refractivity contribution in [2.75, 3.05) is 19.6 Å². The van der Waals surface area contributed by atoms with Crippen molar-refractivity contribution < 1.29 is 14.3 Å². The van der Waals surface area contributed by atoms with Gasteiger partial charge in [0.15, 0.2) is 0 Å². The fraction of sp³-hybridized carbons (Fsp3) is 0.867. The molecule has 1 aliphatic rings. The fourth-order valence-corrected chi connectivity index (χ4v) is 2.69. The molecule has 1 heterocycles. The Bertz CT molecular complexity index is 377. The third-order valence-electron chi connectivity index (χ3n) is 3.46. The van der Waals surface area contributed by atoms with E-state index in [9.17, 15) is 9.59 Å². The number of likely N-dealkylation sites (tertiary alicyclic amines) is 1. The molecule has 0 aliphatic carbocycles. The maximum atomic E-state index is 12.2. The van der Waals surface area contributed by atoms with Crippen LogP contribution in [0.1, 0.15) is 47.5 Å². The van der Waals surface area contributed by atoms with Gasteiger partial charge in [-0.15, -0.1) is 0 Å². The monoisotopic (exact) mass is 299 g/mol. The number of piperidine rings is 1. The minimum absolute atomic E-state index is 0.00111. The summed E-state index contributed by atoms with van der Waals surface area (Å²) in [5.41, 5.74) is 4.99. The van der Waals surface area contributed by atoms with Crippen molar-refractivity contribution in [2.24, 2.45) is 5.73 Å². The molecule has 6 nitrogen and oxygen atoms in total. The lowest BCUT2D eigenvalue weighted by atomic mass is 10.0. The van der Waals surface area contributed by atoms with Gasteiger partial charge in [-0.1, -0.05) is 0 Å². The fourth-order valence-electron chi connectivity index (χ4n) is 2.69. The number of amides is 2. The van der Waals surface area contributed by atoms with Gasteiger partial charge in [-0.3, -0.25) is 4.79 Å². The molecule has 6 heteroatoms. The molecule has 1 atom stereocenters. The van der Waals surface area contributed by atoms with Crippen molar-refractivity contribution in [3.63, 3.8) is 0 Å². The van der Waals surface area contributed by atoms with Crippen molar-refractivity contribution in [2.45, 2.75) is 65.1 Å². The summed E-state index contributed by atoms with van der Waals surface area (Å²) in [5.74, 6) is -0.0685. The highest BCUT2D eigenvalue weighted by atomic mass is 16.6. The molecule has 0 aromatic heterocycles. The van der Waals surface area contributed by atoms with Gasteiger partial charge >= 0.3 is 6.09 Å². The molecule has 0 aromatic carbocycles. The minimum Gasteiger partial charge on any atom is -0.444 e. The largest absolute Gasteiger partial charge is 0.444 e. The van der Waals surface area contributed by atoms with Crippen LogP contribution >= 0.6 is 0 Å². The molecule has 1 fully saturated rings. The quantitative estimate of drug-likeness (QED) is 0.858. The second-order valence-electron chi connectivity index (χ2n) is 6.82. The van der Waals surface area contributed by atoms with Crippen LogP contribution in [0.25, 0.3) is 0 Å². The van der Waals surface area contributed by atoms with Gasteiger partial charge < -0.3 is 20.3 Å². The number of hydrogen-bond donors (Lipinski definition) is 1. The lowest BCUT2D eigenvalue weighted by molar-refractivity contribution is -0.135. The number of hydrogen-bond acceptors (Lipinski definition) is 4. The van der Waals surface area contributed by atoms with Gasteiger partial charge in [0.25, 0.3) is 0 Å². The number of rotatable bonds is 3. The van der Waals surface area contributed by atoms with Crippen LogP contribution in [0, 0.1) is 0 Å². The molecule has 0 radical (unpaired) electrons. The molecule has 0 spiro atoms. The van der Waals surface area contributed by atoms with E-state index in [0.717, 1.165) is 12.8 Å². The standard InChI is InChI=1S/C15H29N3O3/c1-11(2)18(13(19)9-16)12-7-6-8-17(10-12)14(20)21-15(3,4)5/h11-12H,6-10,16H2,1-5H3. The van der Waals surface area contributed by atoms with Crippen molar-refractivity contribution in [3.8, 4) is 0 Å². The van der Waals surface area contributed by atoms with Crippen LogP contribution in [0.15, 0.2) is 0 Å². The highest BCUT2D eigenvalue weighted by molar-refractivity contribution is 5.78. The maximum Gasteiger partial charge on any atom is 0.410 e. The van der Waals surface area contributed by atoms with E-state index in [4.69, 9.17) is 10.5 Å². The zero-order valence-corrected chi connectivity index (χ0v) is 13.9. The van der Waals surface area contributed by atoms with Crippen LogP contribution in [-0.2, 0) is 9.53 Å². The van der Waals surface area contributed by atoms with Crippen LogP contribution in [0.5, 0.6) is 0 Å². The Labute approximate surface area is 127 Å². The number of ether oxygens (including phenoxy) is 1. The molecule has 1 rings (SSSR count). The van der Waals surface area contributed by atoms with Gasteiger partial charge in [-0.05, 0) is 47.5 Å². The number of carbonyl (C=O) groups is 2. The Kier molecular flexibility index (Phi) is 6.01. The Morgan fingerprint density at radius 1 is 1.38 bits per heavy atom. The normalized spacial score (nSPS) is 19.6. The predicted octanol–water partition coefficient (Wildman–Crippen LogP) is 1.58. The molecule has 1 aliphatic heterocycles. The number of nitrogens with two attached hydrogens (primary N) is 1. The summed E-state index contributed by atoms with van der Waals surface area (Å²) in [7, 11) is 0. The summed E-state index contributed by atoms with van der Waals surface area (Å²) < 4.78 is 5.41. The molecule has 0 bridgehead atoms. The molecule has 122 valence electrons. The molecule has 2 amide bonds. The van der Waals surface area contributed by atoms with Gasteiger partial charge in [0, 0.05) is 25.2 Å². The zero-order valence-electron chi connectivity index (χ0n) is 13.9. The lowest BCUT2D eigenvalue weighted by Gasteiger charge is -2.41. The molecule has 2 N–H and O–H groups in total. The van der Waals surface area contributed by atoms with Gasteiger partial charge in [0.1, 0.15) is 5.60 Å². The van der Waals surface area contributed by atoms with Crippen molar-refractivity contribution >= 4 is 12.0 Å². The maximum absolute atomic E-state index is 12.2. The van der Waals surface area contributed by atoms with Crippen LogP contribution in [0.2, 0.25) is 0 Å². The number of nitrogens with zero attached hydrogens (tertiary/aromatic N) is 2. The predicted molar refractivity (Wildman–Crippen MR) is 81.9 cm³/mol. The van der Waals surface area contributed by atoms with Crippen LogP contribution in [0.3, 0.4) is 0 Å². The van der Waals surface area contributed by atoms with Gasteiger partial charge in [-0.2, -0.15) is 0 Å². The van der Waals surface area contributed by atoms with E-state index in [1.807, 2.05) is 34.6 Å². The van der Waals surface area contributed by atoms with E-state index in [0.29, 0.717) is 13.1 Å². The molecular formula is C15H29N3O3. The van der Waals surface area contributed by atoms with E-state index < -0.39 is 5.60 Å². The first kappa shape index (κ1) is 17.8. The van der Waals surface area contributed by atoms with E-state index >= 15 is 0 Å². The highest BCUT2D eigenvalue weighted by Gasteiger charge is 2.33. The third kappa shape index (κ3) is 5.19. The molecule has 1 unspecified atom stereocenters. The summed E-state index contributed by atoms with van der Waals surface area (Å²) in [5, 5.41) is 0.